The molecule has 1 aromatic heterocycles. The molecular weight excluding hydrogens is 304 g/mol. The van der Waals surface area contributed by atoms with Gasteiger partial charge in [-0.25, -0.2) is 9.97 Å². The van der Waals surface area contributed by atoms with Crippen molar-refractivity contribution in [3.63, 3.8) is 0 Å². The van der Waals surface area contributed by atoms with Crippen LogP contribution in [-0.2, 0) is 21.5 Å². The number of rotatable bonds is 6. The van der Waals surface area contributed by atoms with Crippen molar-refractivity contribution >= 4 is 5.95 Å². The molecule has 3 heterocycles. The fourth-order valence-corrected chi connectivity index (χ4v) is 3.57. The number of piperidine rings is 1. The molecule has 0 atom stereocenters. The van der Waals surface area contributed by atoms with Gasteiger partial charge in [-0.3, -0.25) is 0 Å². The third kappa shape index (κ3) is 3.71. The summed E-state index contributed by atoms with van der Waals surface area (Å²) in [5, 5.41) is 0. The van der Waals surface area contributed by atoms with Crippen LogP contribution in [0.1, 0.15) is 37.4 Å². The first kappa shape index (κ1) is 17.6. The van der Waals surface area contributed by atoms with Gasteiger partial charge >= 0.3 is 0 Å². The van der Waals surface area contributed by atoms with Crippen molar-refractivity contribution in [3.05, 3.63) is 17.5 Å². The minimum atomic E-state index is -0.220. The van der Waals surface area contributed by atoms with Crippen LogP contribution >= 0.6 is 0 Å². The molecule has 1 aromatic rings. The molecule has 134 valence electrons. The van der Waals surface area contributed by atoms with Gasteiger partial charge in [-0.2, -0.15) is 0 Å². The first-order valence-corrected chi connectivity index (χ1v) is 9.12. The van der Waals surface area contributed by atoms with Crippen molar-refractivity contribution < 1.29 is 9.47 Å². The SMILES string of the molecule is CCCOCCN1CCC2(CC1)OCCc1cnc(N(C)C)nc12. The maximum absolute atomic E-state index is 6.29. The molecule has 1 saturated heterocycles. The molecule has 6 nitrogen and oxygen atoms in total. The molecule has 0 unspecified atom stereocenters. The number of aromatic nitrogens is 2. The highest BCUT2D eigenvalue weighted by molar-refractivity contribution is 5.35. The number of anilines is 1. The lowest BCUT2D eigenvalue weighted by Gasteiger charge is -2.44. The number of likely N-dealkylation sites (tertiary alicyclic amines) is 1. The summed E-state index contributed by atoms with van der Waals surface area (Å²) in [5.41, 5.74) is 2.16. The lowest BCUT2D eigenvalue weighted by molar-refractivity contribution is -0.103. The number of ether oxygens (including phenoxy) is 2. The van der Waals surface area contributed by atoms with E-state index in [-0.39, 0.29) is 5.60 Å². The number of hydrogen-bond acceptors (Lipinski definition) is 6. The fourth-order valence-electron chi connectivity index (χ4n) is 3.57. The number of fused-ring (bicyclic) bond motifs is 2. The van der Waals surface area contributed by atoms with E-state index >= 15 is 0 Å². The summed E-state index contributed by atoms with van der Waals surface area (Å²) >= 11 is 0. The van der Waals surface area contributed by atoms with Gasteiger partial charge in [0.1, 0.15) is 5.60 Å². The van der Waals surface area contributed by atoms with Crippen molar-refractivity contribution in [2.45, 2.75) is 38.2 Å². The summed E-state index contributed by atoms with van der Waals surface area (Å²) in [4.78, 5) is 13.8. The molecule has 2 aliphatic rings. The topological polar surface area (TPSA) is 50.7 Å². The van der Waals surface area contributed by atoms with Crippen LogP contribution < -0.4 is 4.90 Å². The quantitative estimate of drug-likeness (QED) is 0.740. The second kappa shape index (κ2) is 7.76. The largest absolute Gasteiger partial charge is 0.380 e. The summed E-state index contributed by atoms with van der Waals surface area (Å²) in [6.07, 6.45) is 5.99. The predicted molar refractivity (Wildman–Crippen MR) is 94.5 cm³/mol. The lowest BCUT2D eigenvalue weighted by Crippen LogP contribution is -2.48. The normalized spacial score (nSPS) is 20.1. The summed E-state index contributed by atoms with van der Waals surface area (Å²) < 4.78 is 11.9. The Labute approximate surface area is 145 Å². The molecule has 2 aliphatic heterocycles. The van der Waals surface area contributed by atoms with E-state index in [0.717, 1.165) is 76.8 Å². The van der Waals surface area contributed by atoms with E-state index < -0.39 is 0 Å². The predicted octanol–water partition coefficient (Wildman–Crippen LogP) is 1.83. The van der Waals surface area contributed by atoms with E-state index in [4.69, 9.17) is 14.5 Å². The molecule has 0 N–H and O–H groups in total. The van der Waals surface area contributed by atoms with Crippen molar-refractivity contribution in [2.75, 3.05) is 58.5 Å². The molecule has 1 spiro atoms. The zero-order chi connectivity index (χ0) is 17.0. The molecule has 1 fully saturated rings. The molecule has 6 heteroatoms. The van der Waals surface area contributed by atoms with E-state index in [1.807, 2.05) is 25.2 Å². The van der Waals surface area contributed by atoms with Crippen molar-refractivity contribution in [3.8, 4) is 0 Å². The van der Waals surface area contributed by atoms with Gasteiger partial charge in [0, 0.05) is 46.5 Å². The third-order valence-electron chi connectivity index (χ3n) is 5.00. The Bertz CT molecular complexity index is 542. The van der Waals surface area contributed by atoms with Gasteiger partial charge in [-0.1, -0.05) is 6.92 Å². The van der Waals surface area contributed by atoms with Gasteiger partial charge < -0.3 is 19.3 Å². The molecule has 0 amide bonds. The first-order valence-electron chi connectivity index (χ1n) is 9.12. The van der Waals surface area contributed by atoms with Crippen LogP contribution in [0.4, 0.5) is 5.95 Å². The molecule has 0 bridgehead atoms. The Kier molecular flexibility index (Phi) is 5.69. The third-order valence-corrected chi connectivity index (χ3v) is 5.00. The van der Waals surface area contributed by atoms with Crippen LogP contribution in [-0.4, -0.2) is 68.4 Å². The average molecular weight is 334 g/mol. The van der Waals surface area contributed by atoms with Gasteiger partial charge in [0.2, 0.25) is 5.95 Å². The Morgan fingerprint density at radius 2 is 2.08 bits per heavy atom. The van der Waals surface area contributed by atoms with E-state index in [9.17, 15) is 0 Å². The van der Waals surface area contributed by atoms with Crippen LogP contribution in [0.3, 0.4) is 0 Å². The van der Waals surface area contributed by atoms with Gasteiger partial charge in [-0.05, 0) is 31.2 Å². The zero-order valence-electron chi connectivity index (χ0n) is 15.3. The summed E-state index contributed by atoms with van der Waals surface area (Å²) in [7, 11) is 3.97. The molecule has 24 heavy (non-hydrogen) atoms. The van der Waals surface area contributed by atoms with Crippen LogP contribution in [0.2, 0.25) is 0 Å². The Morgan fingerprint density at radius 3 is 2.79 bits per heavy atom. The number of nitrogens with zero attached hydrogens (tertiary/aromatic N) is 4. The first-order chi connectivity index (χ1) is 11.6. The molecule has 0 aromatic carbocycles. The van der Waals surface area contributed by atoms with E-state index in [0.29, 0.717) is 0 Å². The Hall–Kier alpha value is -1.24. The highest BCUT2D eigenvalue weighted by atomic mass is 16.5. The maximum atomic E-state index is 6.29. The molecule has 3 rings (SSSR count). The highest BCUT2D eigenvalue weighted by Gasteiger charge is 2.42. The van der Waals surface area contributed by atoms with Crippen molar-refractivity contribution in [1.82, 2.24) is 14.9 Å². The van der Waals surface area contributed by atoms with Crippen LogP contribution in [0.5, 0.6) is 0 Å². The minimum absolute atomic E-state index is 0.220. The molecular formula is C18H30N4O2. The molecule has 0 radical (unpaired) electrons. The van der Waals surface area contributed by atoms with E-state index in [1.54, 1.807) is 0 Å². The molecule has 0 aliphatic carbocycles. The van der Waals surface area contributed by atoms with E-state index in [2.05, 4.69) is 16.8 Å². The Morgan fingerprint density at radius 1 is 1.29 bits per heavy atom. The monoisotopic (exact) mass is 334 g/mol. The van der Waals surface area contributed by atoms with Crippen LogP contribution in [0.15, 0.2) is 6.20 Å². The van der Waals surface area contributed by atoms with Crippen LogP contribution in [0.25, 0.3) is 0 Å². The highest BCUT2D eigenvalue weighted by Crippen LogP contribution is 2.40. The van der Waals surface area contributed by atoms with Crippen molar-refractivity contribution in [1.29, 1.82) is 0 Å². The zero-order valence-corrected chi connectivity index (χ0v) is 15.3. The minimum Gasteiger partial charge on any atom is -0.380 e. The van der Waals surface area contributed by atoms with Crippen LogP contribution in [0, 0.1) is 0 Å². The van der Waals surface area contributed by atoms with E-state index in [1.165, 1.54) is 5.56 Å². The van der Waals surface area contributed by atoms with Gasteiger partial charge in [0.15, 0.2) is 0 Å². The van der Waals surface area contributed by atoms with Gasteiger partial charge in [-0.15, -0.1) is 0 Å². The van der Waals surface area contributed by atoms with Gasteiger partial charge in [0.25, 0.3) is 0 Å². The summed E-state index contributed by atoms with van der Waals surface area (Å²) in [5.74, 6) is 0.772. The smallest absolute Gasteiger partial charge is 0.225 e. The second-order valence-electron chi connectivity index (χ2n) is 6.99. The lowest BCUT2D eigenvalue weighted by atomic mass is 9.83. The average Bonchev–Trinajstić information content (AvgIpc) is 2.60. The second-order valence-corrected chi connectivity index (χ2v) is 6.99. The molecule has 0 saturated carbocycles. The fraction of sp³-hybridized carbons (Fsp3) is 0.778. The summed E-state index contributed by atoms with van der Waals surface area (Å²) in [6, 6.07) is 0. The number of hydrogen-bond donors (Lipinski definition) is 0. The standard InChI is InChI=1S/C18H30N4O2/c1-4-11-23-13-10-22-8-6-18(7-9-22)16-15(5-12-24-18)14-19-17(20-16)21(2)3/h14H,4-13H2,1-3H3. The van der Waals surface area contributed by atoms with Gasteiger partial charge in [0.05, 0.1) is 18.9 Å². The maximum Gasteiger partial charge on any atom is 0.225 e. The Balaban J connectivity index is 1.67. The summed E-state index contributed by atoms with van der Waals surface area (Å²) in [6.45, 7) is 7.69. The van der Waals surface area contributed by atoms with Crippen molar-refractivity contribution in [2.24, 2.45) is 0 Å².